The molecule has 1 atom stereocenters. The van der Waals surface area contributed by atoms with Gasteiger partial charge in [0.25, 0.3) is 0 Å². The van der Waals surface area contributed by atoms with Crippen LogP contribution in [0.15, 0.2) is 0 Å². The third-order valence-corrected chi connectivity index (χ3v) is 3.41. The van der Waals surface area contributed by atoms with Gasteiger partial charge in [-0.2, -0.15) is 0 Å². The summed E-state index contributed by atoms with van der Waals surface area (Å²) in [6, 6.07) is 0.547. The molecule has 4 nitrogen and oxygen atoms in total. The molecule has 0 aromatic heterocycles. The zero-order chi connectivity index (χ0) is 12.5. The summed E-state index contributed by atoms with van der Waals surface area (Å²) in [5, 5.41) is 13.1. The molecule has 0 heterocycles. The Morgan fingerprint density at radius 2 is 2.00 bits per heavy atom. The number of carbonyl (C=O) groups excluding carboxylic acids is 1. The summed E-state index contributed by atoms with van der Waals surface area (Å²) >= 11 is 0. The van der Waals surface area contributed by atoms with Crippen LogP contribution < -0.4 is 5.32 Å². The van der Waals surface area contributed by atoms with Crippen molar-refractivity contribution in [3.05, 3.63) is 0 Å². The van der Waals surface area contributed by atoms with Crippen molar-refractivity contribution >= 4 is 5.97 Å². The van der Waals surface area contributed by atoms with Crippen LogP contribution in [0, 0.1) is 0 Å². The molecule has 1 unspecified atom stereocenters. The first-order chi connectivity index (χ1) is 8.22. The summed E-state index contributed by atoms with van der Waals surface area (Å²) in [6.07, 6.45) is 8.00. The summed E-state index contributed by atoms with van der Waals surface area (Å²) in [7, 11) is 1.37. The van der Waals surface area contributed by atoms with Gasteiger partial charge in [0.2, 0.25) is 0 Å². The highest BCUT2D eigenvalue weighted by molar-refractivity contribution is 5.69. The molecular formula is C13H25NO3. The number of aliphatic hydroxyl groups excluding tert-OH is 1. The maximum atomic E-state index is 10.9. The number of carbonyl (C=O) groups is 1. The van der Waals surface area contributed by atoms with Crippen LogP contribution in [-0.4, -0.2) is 36.9 Å². The van der Waals surface area contributed by atoms with Gasteiger partial charge in [-0.1, -0.05) is 25.7 Å². The van der Waals surface area contributed by atoms with Crippen LogP contribution in [-0.2, 0) is 9.53 Å². The molecule has 0 radical (unpaired) electrons. The standard InChI is InChI=1S/C13H25NO3/c1-17-13(16)9-8-12(15)10-14-11-6-4-2-3-5-7-11/h11-12,14-15H,2-10H2,1H3. The zero-order valence-electron chi connectivity index (χ0n) is 10.8. The molecule has 1 aliphatic carbocycles. The molecule has 0 aromatic rings. The normalized spacial score (nSPS) is 19.6. The number of aliphatic hydroxyl groups is 1. The first-order valence-corrected chi connectivity index (χ1v) is 6.70. The van der Waals surface area contributed by atoms with Crippen molar-refractivity contribution < 1.29 is 14.6 Å². The maximum Gasteiger partial charge on any atom is 0.305 e. The lowest BCUT2D eigenvalue weighted by atomic mass is 10.1. The molecule has 0 amide bonds. The van der Waals surface area contributed by atoms with Gasteiger partial charge in [0, 0.05) is 19.0 Å². The van der Waals surface area contributed by atoms with Crippen LogP contribution in [0.2, 0.25) is 0 Å². The lowest BCUT2D eigenvalue weighted by molar-refractivity contribution is -0.141. The van der Waals surface area contributed by atoms with Gasteiger partial charge in [0.1, 0.15) is 0 Å². The molecule has 0 saturated heterocycles. The third kappa shape index (κ3) is 6.64. The maximum absolute atomic E-state index is 10.9. The molecule has 0 bridgehead atoms. The molecule has 1 saturated carbocycles. The first-order valence-electron chi connectivity index (χ1n) is 6.70. The number of hydrogen-bond acceptors (Lipinski definition) is 4. The van der Waals surface area contributed by atoms with E-state index in [0.29, 0.717) is 25.4 Å². The second-order valence-corrected chi connectivity index (χ2v) is 4.87. The van der Waals surface area contributed by atoms with Gasteiger partial charge >= 0.3 is 5.97 Å². The average Bonchev–Trinajstić information content (AvgIpc) is 2.61. The molecule has 0 aromatic carbocycles. The smallest absolute Gasteiger partial charge is 0.305 e. The molecule has 0 aliphatic heterocycles. The van der Waals surface area contributed by atoms with Gasteiger partial charge in [0.05, 0.1) is 13.2 Å². The van der Waals surface area contributed by atoms with Crippen LogP contribution in [0.5, 0.6) is 0 Å². The molecule has 17 heavy (non-hydrogen) atoms. The van der Waals surface area contributed by atoms with Crippen LogP contribution in [0.4, 0.5) is 0 Å². The van der Waals surface area contributed by atoms with Gasteiger partial charge in [0.15, 0.2) is 0 Å². The predicted molar refractivity (Wildman–Crippen MR) is 66.7 cm³/mol. The largest absolute Gasteiger partial charge is 0.469 e. The Morgan fingerprint density at radius 3 is 2.59 bits per heavy atom. The summed E-state index contributed by atoms with van der Waals surface area (Å²) in [6.45, 7) is 0.585. The van der Waals surface area contributed by atoms with Crippen molar-refractivity contribution in [3.8, 4) is 0 Å². The summed E-state index contributed by atoms with van der Waals surface area (Å²) in [4.78, 5) is 10.9. The van der Waals surface area contributed by atoms with Crippen molar-refractivity contribution in [2.45, 2.75) is 63.5 Å². The average molecular weight is 243 g/mol. The Morgan fingerprint density at radius 1 is 1.35 bits per heavy atom. The van der Waals surface area contributed by atoms with E-state index in [1.54, 1.807) is 0 Å². The number of rotatable bonds is 6. The van der Waals surface area contributed by atoms with Crippen LogP contribution in [0.3, 0.4) is 0 Å². The molecule has 2 N–H and O–H groups in total. The van der Waals surface area contributed by atoms with E-state index in [1.165, 1.54) is 45.6 Å². The van der Waals surface area contributed by atoms with E-state index in [1.807, 2.05) is 0 Å². The fourth-order valence-corrected chi connectivity index (χ4v) is 2.27. The Hall–Kier alpha value is -0.610. The van der Waals surface area contributed by atoms with Crippen molar-refractivity contribution in [3.63, 3.8) is 0 Å². The fraction of sp³-hybridized carbons (Fsp3) is 0.923. The Balaban J connectivity index is 2.09. The lowest BCUT2D eigenvalue weighted by Gasteiger charge is -2.18. The SMILES string of the molecule is COC(=O)CCC(O)CNC1CCCCCC1. The van der Waals surface area contributed by atoms with E-state index in [-0.39, 0.29) is 5.97 Å². The van der Waals surface area contributed by atoms with Gasteiger partial charge < -0.3 is 15.2 Å². The summed E-state index contributed by atoms with van der Waals surface area (Å²) in [5.41, 5.74) is 0. The highest BCUT2D eigenvalue weighted by Crippen LogP contribution is 2.17. The number of methoxy groups -OCH3 is 1. The van der Waals surface area contributed by atoms with Crippen molar-refractivity contribution in [2.24, 2.45) is 0 Å². The molecule has 1 rings (SSSR count). The topological polar surface area (TPSA) is 58.6 Å². The summed E-state index contributed by atoms with van der Waals surface area (Å²) < 4.78 is 4.54. The molecule has 1 aliphatic rings. The van der Waals surface area contributed by atoms with Gasteiger partial charge in [-0.3, -0.25) is 4.79 Å². The Kier molecular flexibility index (Phi) is 7.21. The Labute approximate surface area is 104 Å². The minimum absolute atomic E-state index is 0.251. The molecule has 4 heteroatoms. The minimum atomic E-state index is -0.447. The predicted octanol–water partition coefficient (Wildman–Crippen LogP) is 1.61. The monoisotopic (exact) mass is 243 g/mol. The number of ether oxygens (including phenoxy) is 1. The molecule has 1 fully saturated rings. The van der Waals surface area contributed by atoms with E-state index in [2.05, 4.69) is 10.1 Å². The highest BCUT2D eigenvalue weighted by Gasteiger charge is 2.14. The summed E-state index contributed by atoms with van der Waals surface area (Å²) in [5.74, 6) is -0.251. The van der Waals surface area contributed by atoms with Gasteiger partial charge in [-0.15, -0.1) is 0 Å². The molecular weight excluding hydrogens is 218 g/mol. The van der Waals surface area contributed by atoms with Gasteiger partial charge in [-0.25, -0.2) is 0 Å². The van der Waals surface area contributed by atoms with E-state index in [9.17, 15) is 9.90 Å². The molecule has 100 valence electrons. The number of hydrogen-bond donors (Lipinski definition) is 2. The van der Waals surface area contributed by atoms with E-state index < -0.39 is 6.10 Å². The minimum Gasteiger partial charge on any atom is -0.469 e. The Bertz CT molecular complexity index is 213. The van der Waals surface area contributed by atoms with Crippen molar-refractivity contribution in [2.75, 3.05) is 13.7 Å². The number of esters is 1. The third-order valence-electron chi connectivity index (χ3n) is 3.41. The zero-order valence-corrected chi connectivity index (χ0v) is 10.8. The second-order valence-electron chi connectivity index (χ2n) is 4.87. The number of nitrogens with one attached hydrogen (secondary N) is 1. The lowest BCUT2D eigenvalue weighted by Crippen LogP contribution is -2.35. The van der Waals surface area contributed by atoms with Crippen LogP contribution in [0.25, 0.3) is 0 Å². The fourth-order valence-electron chi connectivity index (χ4n) is 2.27. The van der Waals surface area contributed by atoms with Gasteiger partial charge in [-0.05, 0) is 19.3 Å². The van der Waals surface area contributed by atoms with Crippen molar-refractivity contribution in [1.29, 1.82) is 0 Å². The molecule has 0 spiro atoms. The van der Waals surface area contributed by atoms with Crippen LogP contribution >= 0.6 is 0 Å². The van der Waals surface area contributed by atoms with Crippen molar-refractivity contribution in [1.82, 2.24) is 5.32 Å². The van der Waals surface area contributed by atoms with E-state index in [0.717, 1.165) is 0 Å². The van der Waals surface area contributed by atoms with Crippen LogP contribution in [0.1, 0.15) is 51.4 Å². The second kappa shape index (κ2) is 8.48. The van der Waals surface area contributed by atoms with E-state index in [4.69, 9.17) is 0 Å². The first kappa shape index (κ1) is 14.5. The van der Waals surface area contributed by atoms with E-state index >= 15 is 0 Å². The highest BCUT2D eigenvalue weighted by atomic mass is 16.5. The quantitative estimate of drug-likeness (QED) is 0.550.